The van der Waals surface area contributed by atoms with Crippen LogP contribution in [0.1, 0.15) is 6.92 Å². The Morgan fingerprint density at radius 2 is 2.40 bits per heavy atom. The first kappa shape index (κ1) is 6.53. The maximum absolute atomic E-state index is 4.40. The zero-order chi connectivity index (χ0) is 6.97. The summed E-state index contributed by atoms with van der Waals surface area (Å²) in [4.78, 5) is 6.78. The molecule has 0 bridgehead atoms. The number of likely N-dealkylation sites (tertiary alicyclic amines) is 1. The van der Waals surface area contributed by atoms with Crippen molar-refractivity contribution in [2.75, 3.05) is 25.4 Å². The molecule has 2 aliphatic heterocycles. The summed E-state index contributed by atoms with van der Waals surface area (Å²) in [5, 5.41) is 1.29. The number of nitrogens with zero attached hydrogens (tertiary/aromatic N) is 2. The van der Waals surface area contributed by atoms with Gasteiger partial charge in [0.25, 0.3) is 0 Å². The first-order valence-electron chi connectivity index (χ1n) is 3.78. The summed E-state index contributed by atoms with van der Waals surface area (Å²) in [5.74, 6) is 2.09. The van der Waals surface area contributed by atoms with Crippen LogP contribution in [0.2, 0.25) is 0 Å². The van der Waals surface area contributed by atoms with Crippen LogP contribution in [0, 0.1) is 5.92 Å². The molecule has 0 atom stereocenters. The fraction of sp³-hybridized carbons (Fsp3) is 0.857. The molecule has 2 nitrogen and oxygen atoms in total. The Bertz CT molecular complexity index is 161. The molecule has 10 heavy (non-hydrogen) atoms. The minimum Gasteiger partial charge on any atom is -0.351 e. The number of aliphatic imine (C=N–C) groups is 1. The first-order chi connectivity index (χ1) is 4.86. The summed E-state index contributed by atoms with van der Waals surface area (Å²) in [6.45, 7) is 5.78. The molecule has 1 fully saturated rings. The average Bonchev–Trinajstić information content (AvgIpc) is 2.31. The Hall–Kier alpha value is -0.180. The molecule has 3 heteroatoms. The van der Waals surface area contributed by atoms with Crippen molar-refractivity contribution in [3.8, 4) is 0 Å². The Balaban J connectivity index is 1.89. The Morgan fingerprint density at radius 1 is 1.60 bits per heavy atom. The van der Waals surface area contributed by atoms with E-state index in [1.807, 2.05) is 11.8 Å². The molecular formula is C7H12N2S. The quantitative estimate of drug-likeness (QED) is 0.521. The molecule has 2 heterocycles. The molecule has 0 radical (unpaired) electrons. The van der Waals surface area contributed by atoms with Gasteiger partial charge in [-0.3, -0.25) is 4.99 Å². The summed E-state index contributed by atoms with van der Waals surface area (Å²) in [7, 11) is 0. The van der Waals surface area contributed by atoms with Gasteiger partial charge in [-0.15, -0.1) is 0 Å². The highest BCUT2D eigenvalue weighted by Crippen LogP contribution is 2.23. The van der Waals surface area contributed by atoms with Crippen LogP contribution < -0.4 is 0 Å². The highest BCUT2D eigenvalue weighted by atomic mass is 32.2. The lowest BCUT2D eigenvalue weighted by Gasteiger charge is -2.38. The van der Waals surface area contributed by atoms with E-state index in [-0.39, 0.29) is 0 Å². The second kappa shape index (κ2) is 2.46. The van der Waals surface area contributed by atoms with Crippen LogP contribution in [-0.4, -0.2) is 35.5 Å². The van der Waals surface area contributed by atoms with Gasteiger partial charge in [-0.25, -0.2) is 0 Å². The van der Waals surface area contributed by atoms with E-state index in [9.17, 15) is 0 Å². The van der Waals surface area contributed by atoms with Crippen LogP contribution in [0.4, 0.5) is 0 Å². The average molecular weight is 156 g/mol. The van der Waals surface area contributed by atoms with E-state index in [4.69, 9.17) is 0 Å². The van der Waals surface area contributed by atoms with Crippen LogP contribution in [0.3, 0.4) is 0 Å². The van der Waals surface area contributed by atoms with Gasteiger partial charge < -0.3 is 4.90 Å². The van der Waals surface area contributed by atoms with Crippen molar-refractivity contribution in [1.82, 2.24) is 4.90 Å². The van der Waals surface area contributed by atoms with E-state index in [2.05, 4.69) is 16.8 Å². The van der Waals surface area contributed by atoms with Gasteiger partial charge in [-0.1, -0.05) is 18.7 Å². The second-order valence-electron chi connectivity index (χ2n) is 3.02. The maximum atomic E-state index is 4.40. The summed E-state index contributed by atoms with van der Waals surface area (Å²) >= 11 is 1.90. The number of hydrogen-bond donors (Lipinski definition) is 0. The van der Waals surface area contributed by atoms with Crippen LogP contribution in [0.5, 0.6) is 0 Å². The van der Waals surface area contributed by atoms with E-state index in [0.717, 1.165) is 12.5 Å². The third-order valence-electron chi connectivity index (χ3n) is 1.90. The molecule has 56 valence electrons. The zero-order valence-corrected chi connectivity index (χ0v) is 7.02. The molecule has 0 unspecified atom stereocenters. The minimum absolute atomic E-state index is 0.892. The number of amidine groups is 1. The van der Waals surface area contributed by atoms with Gasteiger partial charge in [0.15, 0.2) is 5.17 Å². The summed E-state index contributed by atoms with van der Waals surface area (Å²) < 4.78 is 0. The third kappa shape index (κ3) is 1.03. The number of rotatable bonds is 0. The minimum atomic E-state index is 0.892. The number of thioether (sulfide) groups is 1. The summed E-state index contributed by atoms with van der Waals surface area (Å²) in [6.07, 6.45) is 0. The molecule has 2 aliphatic rings. The van der Waals surface area contributed by atoms with Crippen molar-refractivity contribution in [2.24, 2.45) is 10.9 Å². The third-order valence-corrected chi connectivity index (χ3v) is 2.94. The largest absolute Gasteiger partial charge is 0.351 e. The molecule has 2 rings (SSSR count). The highest BCUT2D eigenvalue weighted by Gasteiger charge is 2.26. The van der Waals surface area contributed by atoms with Crippen LogP contribution in [-0.2, 0) is 0 Å². The fourth-order valence-corrected chi connectivity index (χ4v) is 2.25. The summed E-state index contributed by atoms with van der Waals surface area (Å²) in [6, 6.07) is 0. The van der Waals surface area contributed by atoms with Crippen molar-refractivity contribution in [2.45, 2.75) is 6.92 Å². The van der Waals surface area contributed by atoms with Gasteiger partial charge in [0.2, 0.25) is 0 Å². The predicted molar refractivity (Wildman–Crippen MR) is 45.5 cm³/mol. The Morgan fingerprint density at radius 3 is 2.90 bits per heavy atom. The van der Waals surface area contributed by atoms with E-state index < -0.39 is 0 Å². The van der Waals surface area contributed by atoms with Crippen LogP contribution in [0.15, 0.2) is 4.99 Å². The molecular weight excluding hydrogens is 144 g/mol. The van der Waals surface area contributed by atoms with Gasteiger partial charge in [0.05, 0.1) is 6.54 Å². The van der Waals surface area contributed by atoms with Gasteiger partial charge in [0.1, 0.15) is 0 Å². The molecule has 0 aromatic carbocycles. The van der Waals surface area contributed by atoms with Crippen LogP contribution >= 0.6 is 11.8 Å². The zero-order valence-electron chi connectivity index (χ0n) is 6.21. The monoisotopic (exact) mass is 156 g/mol. The van der Waals surface area contributed by atoms with Gasteiger partial charge in [-0.2, -0.15) is 0 Å². The lowest BCUT2D eigenvalue weighted by atomic mass is 10.0. The second-order valence-corrected chi connectivity index (χ2v) is 4.08. The van der Waals surface area contributed by atoms with E-state index in [1.165, 1.54) is 24.0 Å². The van der Waals surface area contributed by atoms with Crippen molar-refractivity contribution in [1.29, 1.82) is 0 Å². The molecule has 0 aromatic rings. The Kier molecular flexibility index (Phi) is 1.60. The molecule has 1 saturated heterocycles. The summed E-state index contributed by atoms with van der Waals surface area (Å²) in [5.41, 5.74) is 0. The molecule has 0 N–H and O–H groups in total. The van der Waals surface area contributed by atoms with Gasteiger partial charge in [-0.05, 0) is 5.92 Å². The lowest BCUT2D eigenvalue weighted by molar-refractivity contribution is 0.210. The molecule has 0 amide bonds. The smallest absolute Gasteiger partial charge is 0.159 e. The van der Waals surface area contributed by atoms with Crippen molar-refractivity contribution in [3.05, 3.63) is 0 Å². The Labute approximate surface area is 65.7 Å². The van der Waals surface area contributed by atoms with Crippen molar-refractivity contribution >= 4 is 16.9 Å². The van der Waals surface area contributed by atoms with E-state index in [1.54, 1.807) is 0 Å². The predicted octanol–water partition coefficient (Wildman–Crippen LogP) is 1.04. The first-order valence-corrected chi connectivity index (χ1v) is 4.77. The highest BCUT2D eigenvalue weighted by molar-refractivity contribution is 8.14. The normalized spacial score (nSPS) is 26.5. The van der Waals surface area contributed by atoms with Crippen LogP contribution in [0.25, 0.3) is 0 Å². The molecule has 0 spiro atoms. The SMILES string of the molecule is CC1CN(C2=NCCS2)C1. The van der Waals surface area contributed by atoms with Crippen molar-refractivity contribution in [3.63, 3.8) is 0 Å². The van der Waals surface area contributed by atoms with Crippen molar-refractivity contribution < 1.29 is 0 Å². The van der Waals surface area contributed by atoms with E-state index >= 15 is 0 Å². The molecule has 0 aliphatic carbocycles. The molecule has 0 saturated carbocycles. The van der Waals surface area contributed by atoms with Gasteiger partial charge in [0, 0.05) is 18.8 Å². The number of hydrogen-bond acceptors (Lipinski definition) is 3. The fourth-order valence-electron chi connectivity index (χ4n) is 1.37. The standard InChI is InChI=1S/C7H12N2S/c1-6-4-9(5-6)7-8-2-3-10-7/h6H,2-5H2,1H3. The lowest BCUT2D eigenvalue weighted by Crippen LogP contribution is -2.47. The van der Waals surface area contributed by atoms with E-state index in [0.29, 0.717) is 0 Å². The maximum Gasteiger partial charge on any atom is 0.159 e. The topological polar surface area (TPSA) is 15.6 Å². The molecule has 0 aromatic heterocycles. The van der Waals surface area contributed by atoms with Gasteiger partial charge >= 0.3 is 0 Å².